The third-order valence-electron chi connectivity index (χ3n) is 7.68. The van der Waals surface area contributed by atoms with E-state index in [9.17, 15) is 18.0 Å². The van der Waals surface area contributed by atoms with Gasteiger partial charge in [-0.1, -0.05) is 35.5 Å². The molecule has 10 heteroatoms. The number of carboxylic acid groups (broad SMARTS) is 1. The van der Waals surface area contributed by atoms with Crippen LogP contribution in [0.1, 0.15) is 35.1 Å². The minimum absolute atomic E-state index is 0.00444. The van der Waals surface area contributed by atoms with Crippen LogP contribution in [-0.2, 0) is 24.1 Å². The fourth-order valence-corrected chi connectivity index (χ4v) is 5.46. The molecule has 0 radical (unpaired) electrons. The first-order chi connectivity index (χ1) is 18.6. The molecule has 2 aliphatic rings. The lowest BCUT2D eigenvalue weighted by Gasteiger charge is -2.39. The molecule has 39 heavy (non-hydrogen) atoms. The maximum atomic E-state index is 15.2. The van der Waals surface area contributed by atoms with Crippen LogP contribution in [-0.4, -0.2) is 32.2 Å². The van der Waals surface area contributed by atoms with Crippen LogP contribution >= 0.6 is 0 Å². The van der Waals surface area contributed by atoms with Crippen molar-refractivity contribution < 1.29 is 32.0 Å². The van der Waals surface area contributed by atoms with Gasteiger partial charge in [0.05, 0.1) is 17.0 Å². The highest BCUT2D eigenvalue weighted by Gasteiger charge is 2.40. The molecule has 1 aromatic heterocycles. The zero-order chi connectivity index (χ0) is 27.5. The van der Waals surface area contributed by atoms with E-state index in [0.717, 1.165) is 29.8 Å². The van der Waals surface area contributed by atoms with Gasteiger partial charge in [0.15, 0.2) is 0 Å². The molecular formula is C29H23F4N3O3. The average Bonchev–Trinajstić information content (AvgIpc) is 3.50. The van der Waals surface area contributed by atoms with Gasteiger partial charge in [0, 0.05) is 24.7 Å². The Morgan fingerprint density at radius 3 is 2.49 bits per heavy atom. The summed E-state index contributed by atoms with van der Waals surface area (Å²) in [5, 5.41) is 13.2. The Morgan fingerprint density at radius 1 is 1.00 bits per heavy atom. The number of hydrogen-bond acceptors (Lipinski definition) is 5. The molecule has 6 nitrogen and oxygen atoms in total. The minimum atomic E-state index is -4.58. The minimum Gasteiger partial charge on any atom is -0.481 e. The van der Waals surface area contributed by atoms with Gasteiger partial charge < -0.3 is 9.63 Å². The molecule has 1 aliphatic heterocycles. The Morgan fingerprint density at radius 2 is 1.74 bits per heavy atom. The van der Waals surface area contributed by atoms with E-state index in [2.05, 4.69) is 15.0 Å². The number of aliphatic carboxylic acids is 1. The van der Waals surface area contributed by atoms with Crippen molar-refractivity contribution in [2.75, 3.05) is 0 Å². The molecule has 4 aromatic rings. The molecule has 0 bridgehead atoms. The van der Waals surface area contributed by atoms with Gasteiger partial charge in [-0.05, 0) is 71.8 Å². The summed E-state index contributed by atoms with van der Waals surface area (Å²) < 4.78 is 61.2. The van der Waals surface area contributed by atoms with Crippen molar-refractivity contribution in [3.05, 3.63) is 82.7 Å². The normalized spacial score (nSPS) is 19.1. The van der Waals surface area contributed by atoms with Crippen molar-refractivity contribution in [2.45, 2.75) is 45.1 Å². The number of nitrogens with zero attached hydrogens (tertiary/aromatic N) is 3. The third-order valence-corrected chi connectivity index (χ3v) is 7.68. The van der Waals surface area contributed by atoms with Crippen LogP contribution < -0.4 is 0 Å². The monoisotopic (exact) mass is 537 g/mol. The molecule has 6 rings (SSSR count). The van der Waals surface area contributed by atoms with Crippen molar-refractivity contribution in [1.29, 1.82) is 0 Å². The molecule has 0 saturated heterocycles. The fraction of sp³-hybridized carbons (Fsp3) is 0.276. The van der Waals surface area contributed by atoms with Crippen LogP contribution in [0.15, 0.2) is 59.1 Å². The van der Waals surface area contributed by atoms with Gasteiger partial charge in [-0.15, -0.1) is 0 Å². The summed E-state index contributed by atoms with van der Waals surface area (Å²) in [5.41, 5.74) is 2.56. The first-order valence-electron chi connectivity index (χ1n) is 12.5. The van der Waals surface area contributed by atoms with Gasteiger partial charge in [-0.2, -0.15) is 18.2 Å². The maximum Gasteiger partial charge on any atom is 0.417 e. The number of hydrogen-bond donors (Lipinski definition) is 1. The Bertz CT molecular complexity index is 1590. The number of rotatable bonds is 5. The van der Waals surface area contributed by atoms with Crippen LogP contribution in [0.3, 0.4) is 0 Å². The summed E-state index contributed by atoms with van der Waals surface area (Å²) in [4.78, 5) is 17.8. The first kappa shape index (κ1) is 25.2. The highest BCUT2D eigenvalue weighted by molar-refractivity contribution is 5.75. The molecule has 0 spiro atoms. The number of benzene rings is 3. The SMILES string of the molecule is Cc1cc(-c2nc(-c3ccc4c(c3)CN([C@H]3C[C@@H](C(=O)O)C3)C4)no2)c(F)cc1-c1ccccc1C(F)(F)F. The summed E-state index contributed by atoms with van der Waals surface area (Å²) in [6.07, 6.45) is -3.28. The summed E-state index contributed by atoms with van der Waals surface area (Å²) in [7, 11) is 0. The molecule has 1 N–H and O–H groups in total. The standard InChI is InChI=1S/C29H23F4N3O3/c1-15-8-23(25(30)12-22(15)21-4-2-3-5-24(21)29(31,32)33)27-34-26(35-39-27)16-6-7-17-13-36(14-19(17)9-16)20-10-18(11-20)28(37)38/h2-9,12,18,20H,10-11,13-14H2,1H3,(H,37,38)/t18-,20+. The molecule has 0 atom stereocenters. The Hall–Kier alpha value is -4.05. The van der Waals surface area contributed by atoms with E-state index in [4.69, 9.17) is 9.63 Å². The molecule has 0 unspecified atom stereocenters. The lowest BCUT2D eigenvalue weighted by Crippen LogP contribution is -2.44. The van der Waals surface area contributed by atoms with Gasteiger partial charge in [-0.3, -0.25) is 9.69 Å². The average molecular weight is 538 g/mol. The van der Waals surface area contributed by atoms with E-state index in [1.54, 1.807) is 6.92 Å². The second-order valence-electron chi connectivity index (χ2n) is 10.2. The zero-order valence-electron chi connectivity index (χ0n) is 20.8. The van der Waals surface area contributed by atoms with Crippen molar-refractivity contribution in [1.82, 2.24) is 15.0 Å². The smallest absolute Gasteiger partial charge is 0.417 e. The predicted octanol–water partition coefficient (Wildman–Crippen LogP) is 6.72. The number of aromatic nitrogens is 2. The summed E-state index contributed by atoms with van der Waals surface area (Å²) >= 11 is 0. The van der Waals surface area contributed by atoms with E-state index in [1.165, 1.54) is 24.3 Å². The molecular weight excluding hydrogens is 514 g/mol. The van der Waals surface area contributed by atoms with Crippen molar-refractivity contribution in [3.8, 4) is 34.0 Å². The molecule has 200 valence electrons. The summed E-state index contributed by atoms with van der Waals surface area (Å²) in [6.45, 7) is 3.05. The Balaban J connectivity index is 1.24. The van der Waals surface area contributed by atoms with E-state index in [0.29, 0.717) is 30.5 Å². The van der Waals surface area contributed by atoms with Gasteiger partial charge in [0.25, 0.3) is 5.89 Å². The second-order valence-corrected chi connectivity index (χ2v) is 10.2. The fourth-order valence-electron chi connectivity index (χ4n) is 5.46. The number of halogens is 4. The van der Waals surface area contributed by atoms with Crippen molar-refractivity contribution >= 4 is 5.97 Å². The topological polar surface area (TPSA) is 79.5 Å². The quantitative estimate of drug-likeness (QED) is 0.285. The third kappa shape index (κ3) is 4.58. The maximum absolute atomic E-state index is 15.2. The van der Waals surface area contributed by atoms with Crippen LogP contribution in [0.5, 0.6) is 0 Å². The molecule has 1 saturated carbocycles. The lowest BCUT2D eigenvalue weighted by atomic mass is 9.79. The molecule has 2 heterocycles. The molecule has 0 amide bonds. The molecule has 1 aliphatic carbocycles. The van der Waals surface area contributed by atoms with Crippen LogP contribution in [0.25, 0.3) is 34.0 Å². The molecule has 3 aromatic carbocycles. The number of fused-ring (bicyclic) bond motifs is 1. The number of alkyl halides is 3. The van der Waals surface area contributed by atoms with E-state index in [-0.39, 0.29) is 40.4 Å². The number of aryl methyl sites for hydroxylation is 1. The van der Waals surface area contributed by atoms with Crippen molar-refractivity contribution in [3.63, 3.8) is 0 Å². The Kier molecular flexibility index (Phi) is 6.02. The first-order valence-corrected chi connectivity index (χ1v) is 12.5. The zero-order valence-corrected chi connectivity index (χ0v) is 20.8. The van der Waals surface area contributed by atoms with Crippen LogP contribution in [0.2, 0.25) is 0 Å². The van der Waals surface area contributed by atoms with Gasteiger partial charge in [0.2, 0.25) is 5.82 Å². The summed E-state index contributed by atoms with van der Waals surface area (Å²) in [5.74, 6) is -1.59. The highest BCUT2D eigenvalue weighted by atomic mass is 19.4. The Labute approximate surface area is 220 Å². The van der Waals surface area contributed by atoms with E-state index in [1.807, 2.05) is 18.2 Å². The second kappa shape index (κ2) is 9.30. The van der Waals surface area contributed by atoms with E-state index < -0.39 is 23.5 Å². The largest absolute Gasteiger partial charge is 0.481 e. The number of carboxylic acids is 1. The van der Waals surface area contributed by atoms with Gasteiger partial charge in [0.1, 0.15) is 5.82 Å². The van der Waals surface area contributed by atoms with Crippen LogP contribution in [0, 0.1) is 18.7 Å². The van der Waals surface area contributed by atoms with E-state index >= 15 is 4.39 Å². The van der Waals surface area contributed by atoms with Gasteiger partial charge in [-0.25, -0.2) is 4.39 Å². The van der Waals surface area contributed by atoms with Gasteiger partial charge >= 0.3 is 12.1 Å². The van der Waals surface area contributed by atoms with Crippen LogP contribution in [0.4, 0.5) is 17.6 Å². The lowest BCUT2D eigenvalue weighted by molar-refractivity contribution is -0.147. The highest BCUT2D eigenvalue weighted by Crippen LogP contribution is 2.40. The predicted molar refractivity (Wildman–Crippen MR) is 134 cm³/mol. The number of carbonyl (C=O) groups is 1. The van der Waals surface area contributed by atoms with Crippen molar-refractivity contribution in [2.24, 2.45) is 5.92 Å². The molecule has 1 fully saturated rings. The summed E-state index contributed by atoms with van der Waals surface area (Å²) in [6, 6.07) is 13.6.